The quantitative estimate of drug-likeness (QED) is 0.675. The number of amides is 2. The van der Waals surface area contributed by atoms with Crippen LogP contribution in [0.5, 0.6) is 5.75 Å². The first-order chi connectivity index (χ1) is 14.8. The number of hydrogen-bond acceptors (Lipinski definition) is 5. The van der Waals surface area contributed by atoms with Crippen LogP contribution >= 0.6 is 0 Å². The highest BCUT2D eigenvalue weighted by Gasteiger charge is 2.49. The second kappa shape index (κ2) is 6.88. The van der Waals surface area contributed by atoms with E-state index in [0.29, 0.717) is 31.1 Å². The summed E-state index contributed by atoms with van der Waals surface area (Å²) >= 11 is 0. The standard InChI is InChI=1S/C21H20F2N4O4/c1-9-8-26-19(25-9)14-5-4-13-15(17(28)18(29)16(21(26)31)27(13)14)20(30)24-7-10-2-3-11(22)6-12(10)23/h2-3,6,9,14,19,25,29H,4-5,7-8H2,1H3,(H,24,30)/t9-,14?,19?/m0/s1. The van der Waals surface area contributed by atoms with E-state index in [1.54, 1.807) is 9.47 Å². The monoisotopic (exact) mass is 430 g/mol. The van der Waals surface area contributed by atoms with Crippen LogP contribution in [0.4, 0.5) is 8.78 Å². The number of nitrogens with zero attached hydrogens (tertiary/aromatic N) is 2. The molecule has 5 rings (SSSR count). The van der Waals surface area contributed by atoms with Gasteiger partial charge < -0.3 is 19.9 Å². The molecule has 1 aromatic carbocycles. The fourth-order valence-corrected chi connectivity index (χ4v) is 4.92. The highest BCUT2D eigenvalue weighted by Crippen LogP contribution is 2.41. The van der Waals surface area contributed by atoms with Gasteiger partial charge in [0.25, 0.3) is 11.8 Å². The molecule has 8 nitrogen and oxygen atoms in total. The van der Waals surface area contributed by atoms with Gasteiger partial charge in [-0.3, -0.25) is 19.7 Å². The topological polar surface area (TPSA) is 104 Å². The predicted molar refractivity (Wildman–Crippen MR) is 105 cm³/mol. The number of carbonyl (C=O) groups excluding carboxylic acids is 2. The van der Waals surface area contributed by atoms with E-state index in [1.165, 1.54) is 6.07 Å². The Balaban J connectivity index is 1.53. The van der Waals surface area contributed by atoms with Crippen molar-refractivity contribution in [2.45, 2.75) is 44.6 Å². The first kappa shape index (κ1) is 19.7. The lowest BCUT2D eigenvalue weighted by Crippen LogP contribution is -2.51. The third-order valence-electron chi connectivity index (χ3n) is 6.27. The van der Waals surface area contributed by atoms with Gasteiger partial charge in [-0.2, -0.15) is 0 Å². The van der Waals surface area contributed by atoms with E-state index < -0.39 is 34.6 Å². The van der Waals surface area contributed by atoms with Gasteiger partial charge in [-0.05, 0) is 25.8 Å². The maximum atomic E-state index is 13.9. The Morgan fingerprint density at radius 2 is 2.10 bits per heavy atom. The van der Waals surface area contributed by atoms with Crippen LogP contribution in [-0.2, 0) is 13.0 Å². The second-order valence-corrected chi connectivity index (χ2v) is 8.21. The molecule has 4 heterocycles. The molecule has 0 aliphatic carbocycles. The number of pyridine rings is 1. The molecule has 162 valence electrons. The molecule has 0 spiro atoms. The minimum Gasteiger partial charge on any atom is -0.503 e. The molecule has 2 aromatic rings. The number of aromatic hydroxyl groups is 1. The van der Waals surface area contributed by atoms with Gasteiger partial charge in [-0.25, -0.2) is 8.78 Å². The van der Waals surface area contributed by atoms with E-state index in [4.69, 9.17) is 0 Å². The van der Waals surface area contributed by atoms with E-state index in [9.17, 15) is 28.3 Å². The largest absolute Gasteiger partial charge is 0.503 e. The summed E-state index contributed by atoms with van der Waals surface area (Å²) < 4.78 is 28.6. The number of benzene rings is 1. The fourth-order valence-electron chi connectivity index (χ4n) is 4.92. The lowest BCUT2D eigenvalue weighted by molar-refractivity contribution is 0.0591. The van der Waals surface area contributed by atoms with E-state index in [2.05, 4.69) is 10.6 Å². The minimum absolute atomic E-state index is 0.0568. The molecule has 3 N–H and O–H groups in total. The molecule has 1 aromatic heterocycles. The Morgan fingerprint density at radius 1 is 1.32 bits per heavy atom. The van der Waals surface area contributed by atoms with Gasteiger partial charge in [0.05, 0.1) is 6.04 Å². The second-order valence-electron chi connectivity index (χ2n) is 8.21. The third-order valence-corrected chi connectivity index (χ3v) is 6.27. The Labute approximate surface area is 175 Å². The van der Waals surface area contributed by atoms with Gasteiger partial charge in [0.1, 0.15) is 23.4 Å². The van der Waals surface area contributed by atoms with Crippen LogP contribution in [-0.4, -0.2) is 45.1 Å². The van der Waals surface area contributed by atoms with Crippen molar-refractivity contribution in [1.82, 2.24) is 20.1 Å². The molecule has 2 unspecified atom stereocenters. The summed E-state index contributed by atoms with van der Waals surface area (Å²) in [5.74, 6) is -3.54. The number of carbonyl (C=O) groups is 2. The molecule has 2 amide bonds. The summed E-state index contributed by atoms with van der Waals surface area (Å²) in [6.45, 7) is 2.15. The molecular formula is C21H20F2N4O4. The zero-order valence-corrected chi connectivity index (χ0v) is 16.6. The summed E-state index contributed by atoms with van der Waals surface area (Å²) in [6.07, 6.45) is 0.702. The van der Waals surface area contributed by atoms with Gasteiger partial charge in [-0.15, -0.1) is 0 Å². The maximum absolute atomic E-state index is 13.9. The first-order valence-electron chi connectivity index (χ1n) is 10.1. The van der Waals surface area contributed by atoms with Gasteiger partial charge >= 0.3 is 0 Å². The van der Waals surface area contributed by atoms with Crippen LogP contribution in [0.15, 0.2) is 23.0 Å². The fraction of sp³-hybridized carbons (Fsp3) is 0.381. The van der Waals surface area contributed by atoms with Gasteiger partial charge in [0.2, 0.25) is 5.43 Å². The molecule has 0 saturated carbocycles. The predicted octanol–water partition coefficient (Wildman–Crippen LogP) is 1.02. The highest BCUT2D eigenvalue weighted by atomic mass is 19.1. The Kier molecular flexibility index (Phi) is 4.37. The van der Waals surface area contributed by atoms with Crippen molar-refractivity contribution in [3.8, 4) is 5.75 Å². The van der Waals surface area contributed by atoms with Gasteiger partial charge in [0.15, 0.2) is 11.4 Å². The van der Waals surface area contributed by atoms with E-state index in [-0.39, 0.29) is 41.6 Å². The highest BCUT2D eigenvalue weighted by molar-refractivity contribution is 6.00. The van der Waals surface area contributed by atoms with Crippen LogP contribution in [0.2, 0.25) is 0 Å². The molecule has 1 fully saturated rings. The van der Waals surface area contributed by atoms with Crippen molar-refractivity contribution in [1.29, 1.82) is 0 Å². The molecule has 31 heavy (non-hydrogen) atoms. The molecule has 3 atom stereocenters. The van der Waals surface area contributed by atoms with Crippen LogP contribution in [0.3, 0.4) is 0 Å². The molecular weight excluding hydrogens is 410 g/mol. The van der Waals surface area contributed by atoms with Crippen molar-refractivity contribution in [2.24, 2.45) is 0 Å². The van der Waals surface area contributed by atoms with Crippen LogP contribution < -0.4 is 16.1 Å². The summed E-state index contributed by atoms with van der Waals surface area (Å²) in [7, 11) is 0. The minimum atomic E-state index is -0.925. The number of halogens is 2. The van der Waals surface area contributed by atoms with Crippen molar-refractivity contribution in [3.05, 3.63) is 62.6 Å². The number of rotatable bonds is 3. The van der Waals surface area contributed by atoms with E-state index in [1.807, 2.05) is 6.92 Å². The van der Waals surface area contributed by atoms with Crippen molar-refractivity contribution >= 4 is 11.8 Å². The zero-order valence-electron chi connectivity index (χ0n) is 16.6. The van der Waals surface area contributed by atoms with Crippen LogP contribution in [0.25, 0.3) is 0 Å². The Hall–Kier alpha value is -3.27. The van der Waals surface area contributed by atoms with Gasteiger partial charge in [-0.1, -0.05) is 6.07 Å². The normalized spacial score (nSPS) is 23.6. The van der Waals surface area contributed by atoms with Crippen molar-refractivity contribution in [3.63, 3.8) is 0 Å². The summed E-state index contributed by atoms with van der Waals surface area (Å²) in [5.41, 5.74) is -0.823. The smallest absolute Gasteiger partial charge is 0.275 e. The summed E-state index contributed by atoms with van der Waals surface area (Å²) in [6, 6.07) is 2.84. The summed E-state index contributed by atoms with van der Waals surface area (Å²) in [4.78, 5) is 40.4. The lowest BCUT2D eigenvalue weighted by atomic mass is 10.1. The number of fused-ring (bicyclic) bond motifs is 2. The van der Waals surface area contributed by atoms with Crippen LogP contribution in [0.1, 0.15) is 51.5 Å². The van der Waals surface area contributed by atoms with Crippen LogP contribution in [0, 0.1) is 11.6 Å². The number of hydrogen-bond donors (Lipinski definition) is 3. The van der Waals surface area contributed by atoms with E-state index in [0.717, 1.165) is 6.07 Å². The molecule has 3 aliphatic rings. The molecule has 3 aliphatic heterocycles. The zero-order chi connectivity index (χ0) is 22.0. The number of aromatic nitrogens is 1. The molecule has 10 heteroatoms. The average molecular weight is 430 g/mol. The maximum Gasteiger partial charge on any atom is 0.275 e. The third kappa shape index (κ3) is 2.85. The van der Waals surface area contributed by atoms with Gasteiger partial charge in [0, 0.05) is 36.5 Å². The van der Waals surface area contributed by atoms with E-state index >= 15 is 0 Å². The molecule has 0 bridgehead atoms. The SMILES string of the molecule is C[C@H]1CN2C(=O)c3c(O)c(=O)c(C(=O)NCc4ccc(F)cc4F)c4n3C(CC4)C2N1. The Morgan fingerprint density at radius 3 is 2.84 bits per heavy atom. The van der Waals surface area contributed by atoms with Crippen molar-refractivity contribution in [2.75, 3.05) is 6.54 Å². The first-order valence-corrected chi connectivity index (χ1v) is 10.1. The Bertz CT molecular complexity index is 1190. The molecule has 0 radical (unpaired) electrons. The molecule has 1 saturated heterocycles. The van der Waals surface area contributed by atoms with Crippen molar-refractivity contribution < 1.29 is 23.5 Å². The average Bonchev–Trinajstić information content (AvgIpc) is 3.31. The lowest BCUT2D eigenvalue weighted by Gasteiger charge is -2.37. The number of nitrogens with one attached hydrogen (secondary N) is 2. The summed E-state index contributed by atoms with van der Waals surface area (Å²) in [5, 5.41) is 16.4.